The third-order valence-corrected chi connectivity index (χ3v) is 5.99. The van der Waals surface area contributed by atoms with Crippen molar-refractivity contribution in [2.45, 2.75) is 23.9 Å². The van der Waals surface area contributed by atoms with Crippen LogP contribution >= 0.6 is 11.8 Å². The van der Waals surface area contributed by atoms with Crippen molar-refractivity contribution in [1.29, 1.82) is 0 Å². The maximum atomic E-state index is 12.8. The Morgan fingerprint density at radius 2 is 1.94 bits per heavy atom. The number of furan rings is 1. The summed E-state index contributed by atoms with van der Waals surface area (Å²) in [5.41, 5.74) is 1.83. The Kier molecular flexibility index (Phi) is 5.55. The molecule has 0 fully saturated rings. The highest BCUT2D eigenvalue weighted by Crippen LogP contribution is 2.33. The molecule has 0 bridgehead atoms. The predicted molar refractivity (Wildman–Crippen MR) is 119 cm³/mol. The van der Waals surface area contributed by atoms with E-state index in [1.54, 1.807) is 12.3 Å². The van der Waals surface area contributed by atoms with Gasteiger partial charge in [0.2, 0.25) is 18.5 Å². The van der Waals surface area contributed by atoms with Gasteiger partial charge in [-0.2, -0.15) is 0 Å². The first-order valence-corrected chi connectivity index (χ1v) is 10.9. The molecule has 1 aliphatic heterocycles. The van der Waals surface area contributed by atoms with Crippen LogP contribution < -0.4 is 14.8 Å². The molecule has 4 aromatic rings. The van der Waals surface area contributed by atoms with Gasteiger partial charge in [0.25, 0.3) is 0 Å². The van der Waals surface area contributed by atoms with E-state index in [2.05, 4.69) is 15.5 Å². The van der Waals surface area contributed by atoms with Gasteiger partial charge in [-0.1, -0.05) is 36.0 Å². The van der Waals surface area contributed by atoms with Gasteiger partial charge in [0.1, 0.15) is 0 Å². The summed E-state index contributed by atoms with van der Waals surface area (Å²) in [7, 11) is 0. The average molecular weight is 449 g/mol. The number of thioether (sulfide) groups is 1. The van der Waals surface area contributed by atoms with Crippen molar-refractivity contribution in [3.63, 3.8) is 0 Å². The lowest BCUT2D eigenvalue weighted by molar-refractivity contribution is -0.120. The van der Waals surface area contributed by atoms with Crippen molar-refractivity contribution in [1.82, 2.24) is 20.1 Å². The van der Waals surface area contributed by atoms with Gasteiger partial charge < -0.3 is 19.2 Å². The smallest absolute Gasteiger partial charge is 0.233 e. The molecule has 8 nitrogen and oxygen atoms in total. The van der Waals surface area contributed by atoms with Gasteiger partial charge in [-0.25, -0.2) is 0 Å². The van der Waals surface area contributed by atoms with Crippen LogP contribution in [0, 0.1) is 0 Å². The minimum Gasteiger partial charge on any atom is -0.461 e. The number of amides is 1. The molecule has 162 valence electrons. The first-order valence-electron chi connectivity index (χ1n) is 10.1. The third kappa shape index (κ3) is 4.06. The summed E-state index contributed by atoms with van der Waals surface area (Å²) < 4.78 is 18.2. The van der Waals surface area contributed by atoms with E-state index in [0.29, 0.717) is 29.0 Å². The highest BCUT2D eigenvalue weighted by molar-refractivity contribution is 8.00. The number of fused-ring (bicyclic) bond motifs is 1. The molecule has 1 aliphatic rings. The molecule has 0 saturated heterocycles. The summed E-state index contributed by atoms with van der Waals surface area (Å²) in [6, 6.07) is 19.0. The van der Waals surface area contributed by atoms with E-state index in [1.807, 2.05) is 66.1 Å². The molecule has 3 heterocycles. The Hall–Kier alpha value is -3.72. The summed E-state index contributed by atoms with van der Waals surface area (Å²) in [5, 5.41) is 11.8. The van der Waals surface area contributed by atoms with Crippen LogP contribution in [0.15, 0.2) is 76.5 Å². The fourth-order valence-electron chi connectivity index (χ4n) is 3.32. The van der Waals surface area contributed by atoms with Gasteiger partial charge in [-0.3, -0.25) is 9.36 Å². The van der Waals surface area contributed by atoms with Gasteiger partial charge in [0, 0.05) is 12.2 Å². The number of carbonyl (C=O) groups excluding carboxylic acids is 1. The molecule has 0 aliphatic carbocycles. The Morgan fingerprint density at radius 3 is 2.75 bits per heavy atom. The standard InChI is InChI=1S/C23H20N4O4S/c1-15(22(28)24-13-16-9-10-18-20(12-16)31-14-30-18)32-23-26-25-21(19-8-5-11-29-19)27(23)17-6-3-2-4-7-17/h2-12,15H,13-14H2,1H3,(H,24,28). The van der Waals surface area contributed by atoms with Gasteiger partial charge >= 0.3 is 0 Å². The maximum Gasteiger partial charge on any atom is 0.233 e. The van der Waals surface area contributed by atoms with Gasteiger partial charge in [0.05, 0.1) is 11.5 Å². The second kappa shape index (κ2) is 8.80. The largest absolute Gasteiger partial charge is 0.461 e. The van der Waals surface area contributed by atoms with Crippen molar-refractivity contribution < 1.29 is 18.7 Å². The van der Waals surface area contributed by atoms with Crippen molar-refractivity contribution in [3.8, 4) is 28.8 Å². The zero-order valence-electron chi connectivity index (χ0n) is 17.2. The summed E-state index contributed by atoms with van der Waals surface area (Å²) in [6.45, 7) is 2.46. The molecule has 32 heavy (non-hydrogen) atoms. The molecule has 0 saturated carbocycles. The van der Waals surface area contributed by atoms with Crippen LogP contribution in [0.4, 0.5) is 0 Å². The van der Waals surface area contributed by atoms with Crippen LogP contribution in [0.3, 0.4) is 0 Å². The minimum atomic E-state index is -0.389. The van der Waals surface area contributed by atoms with Crippen molar-refractivity contribution in [2.75, 3.05) is 6.79 Å². The van der Waals surface area contributed by atoms with Crippen LogP contribution in [0.25, 0.3) is 17.3 Å². The molecule has 2 aromatic heterocycles. The van der Waals surface area contributed by atoms with Crippen molar-refractivity contribution >= 4 is 17.7 Å². The first-order chi connectivity index (χ1) is 15.7. The summed E-state index contributed by atoms with van der Waals surface area (Å²) >= 11 is 1.34. The van der Waals surface area contributed by atoms with Crippen molar-refractivity contribution in [2.24, 2.45) is 0 Å². The predicted octanol–water partition coefficient (Wildman–Crippen LogP) is 4.05. The topological polar surface area (TPSA) is 91.4 Å². The molecule has 5 rings (SSSR count). The number of aromatic nitrogens is 3. The molecule has 0 radical (unpaired) electrons. The van der Waals surface area contributed by atoms with E-state index in [9.17, 15) is 4.79 Å². The van der Waals surface area contributed by atoms with E-state index in [0.717, 1.165) is 17.0 Å². The molecule has 9 heteroatoms. The van der Waals surface area contributed by atoms with Crippen molar-refractivity contribution in [3.05, 3.63) is 72.5 Å². The lowest BCUT2D eigenvalue weighted by Gasteiger charge is -2.13. The highest BCUT2D eigenvalue weighted by Gasteiger charge is 2.23. The number of hydrogen-bond donors (Lipinski definition) is 1. The van der Waals surface area contributed by atoms with Gasteiger partial charge in [-0.15, -0.1) is 10.2 Å². The van der Waals surface area contributed by atoms with E-state index in [-0.39, 0.29) is 18.0 Å². The second-order valence-corrected chi connectivity index (χ2v) is 8.43. The molecule has 0 spiro atoms. The molecule has 1 unspecified atom stereocenters. The van der Waals surface area contributed by atoms with E-state index in [4.69, 9.17) is 13.9 Å². The lowest BCUT2D eigenvalue weighted by atomic mass is 10.2. The third-order valence-electron chi connectivity index (χ3n) is 4.94. The van der Waals surface area contributed by atoms with Crippen LogP contribution in [0.5, 0.6) is 11.5 Å². The number of ether oxygens (including phenoxy) is 2. The molecule has 1 atom stereocenters. The Bertz CT molecular complexity index is 1220. The number of nitrogens with zero attached hydrogens (tertiary/aromatic N) is 3. The monoisotopic (exact) mass is 448 g/mol. The summed E-state index contributed by atoms with van der Waals surface area (Å²) in [6.07, 6.45) is 1.60. The first kappa shape index (κ1) is 20.2. The second-order valence-electron chi connectivity index (χ2n) is 7.12. The number of nitrogens with one attached hydrogen (secondary N) is 1. The van der Waals surface area contributed by atoms with Crippen LogP contribution in [0.2, 0.25) is 0 Å². The van der Waals surface area contributed by atoms with Crippen LogP contribution in [-0.4, -0.2) is 32.7 Å². The number of hydrogen-bond acceptors (Lipinski definition) is 7. The van der Waals surface area contributed by atoms with Gasteiger partial charge in [0.15, 0.2) is 22.4 Å². The quantitative estimate of drug-likeness (QED) is 0.427. The highest BCUT2D eigenvalue weighted by atomic mass is 32.2. The SMILES string of the molecule is CC(Sc1nnc(-c2ccco2)n1-c1ccccc1)C(=O)NCc1ccc2c(c1)OCO2. The Balaban J connectivity index is 1.31. The lowest BCUT2D eigenvalue weighted by Crippen LogP contribution is -2.30. The number of benzene rings is 2. The average Bonchev–Trinajstić information content (AvgIpc) is 3.58. The number of rotatable bonds is 7. The molecule has 2 aromatic carbocycles. The summed E-state index contributed by atoms with van der Waals surface area (Å²) in [5.74, 6) is 2.50. The molecular formula is C23H20N4O4S. The zero-order valence-corrected chi connectivity index (χ0v) is 18.0. The fourth-order valence-corrected chi connectivity index (χ4v) is 4.21. The van der Waals surface area contributed by atoms with E-state index >= 15 is 0 Å². The van der Waals surface area contributed by atoms with Crippen LogP contribution in [-0.2, 0) is 11.3 Å². The van der Waals surface area contributed by atoms with Crippen LogP contribution in [0.1, 0.15) is 12.5 Å². The number of para-hydroxylation sites is 1. The Morgan fingerprint density at radius 1 is 1.09 bits per heavy atom. The Labute approximate surface area is 188 Å². The summed E-state index contributed by atoms with van der Waals surface area (Å²) in [4.78, 5) is 12.8. The van der Waals surface area contributed by atoms with E-state index in [1.165, 1.54) is 11.8 Å². The fraction of sp³-hybridized carbons (Fsp3) is 0.174. The van der Waals surface area contributed by atoms with E-state index < -0.39 is 0 Å². The molecule has 1 N–H and O–H groups in total. The normalized spacial score (nSPS) is 13.2. The molecule has 1 amide bonds. The molecular weight excluding hydrogens is 428 g/mol. The number of carbonyl (C=O) groups is 1. The van der Waals surface area contributed by atoms with Gasteiger partial charge in [-0.05, 0) is 48.9 Å². The zero-order chi connectivity index (χ0) is 21.9. The maximum absolute atomic E-state index is 12.8. The minimum absolute atomic E-state index is 0.102.